The molecule has 0 fully saturated rings. The van der Waals surface area contributed by atoms with Gasteiger partial charge in [0.25, 0.3) is 5.69 Å². The SMILES string of the molecule is CS(=O)(=Nc1ccc([N+](=O)[O-])cc1)c1ccccc1. The molecule has 0 amide bonds. The third-order valence-corrected chi connectivity index (χ3v) is 4.23. The van der Waals surface area contributed by atoms with Gasteiger partial charge in [0.05, 0.1) is 20.3 Å². The van der Waals surface area contributed by atoms with Crippen LogP contribution in [0.5, 0.6) is 0 Å². The predicted octanol–water partition coefficient (Wildman–Crippen LogP) is 3.38. The lowest BCUT2D eigenvalue weighted by Gasteiger charge is -2.03. The van der Waals surface area contributed by atoms with Crippen molar-refractivity contribution in [1.82, 2.24) is 0 Å². The number of benzene rings is 2. The van der Waals surface area contributed by atoms with E-state index in [-0.39, 0.29) is 5.69 Å². The highest BCUT2D eigenvalue weighted by Gasteiger charge is 2.07. The smallest absolute Gasteiger partial charge is 0.258 e. The number of nitrogens with zero attached hydrogens (tertiary/aromatic N) is 2. The van der Waals surface area contributed by atoms with E-state index in [1.807, 2.05) is 6.07 Å². The lowest BCUT2D eigenvalue weighted by Crippen LogP contribution is -1.96. The van der Waals surface area contributed by atoms with E-state index in [1.165, 1.54) is 24.3 Å². The summed E-state index contributed by atoms with van der Waals surface area (Å²) in [7, 11) is -2.54. The molecule has 2 aromatic carbocycles. The first-order valence-corrected chi connectivity index (χ1v) is 7.43. The molecule has 19 heavy (non-hydrogen) atoms. The average molecular weight is 276 g/mol. The summed E-state index contributed by atoms with van der Waals surface area (Å²) in [6.45, 7) is 0. The highest BCUT2D eigenvalue weighted by Crippen LogP contribution is 2.22. The Kier molecular flexibility index (Phi) is 3.62. The zero-order chi connectivity index (χ0) is 13.9. The maximum atomic E-state index is 12.5. The molecule has 6 heteroatoms. The molecule has 1 unspecified atom stereocenters. The molecule has 0 N–H and O–H groups in total. The summed E-state index contributed by atoms with van der Waals surface area (Å²) in [6, 6.07) is 14.6. The highest BCUT2D eigenvalue weighted by atomic mass is 32.2. The first-order chi connectivity index (χ1) is 8.99. The predicted molar refractivity (Wildman–Crippen MR) is 74.0 cm³/mol. The van der Waals surface area contributed by atoms with Gasteiger partial charge in [-0.3, -0.25) is 10.1 Å². The monoisotopic (exact) mass is 276 g/mol. The van der Waals surface area contributed by atoms with Gasteiger partial charge in [-0.15, -0.1) is 0 Å². The van der Waals surface area contributed by atoms with Gasteiger partial charge in [-0.1, -0.05) is 18.2 Å². The Morgan fingerprint density at radius 2 is 1.63 bits per heavy atom. The number of nitro benzene ring substituents is 1. The molecule has 0 heterocycles. The summed E-state index contributed by atoms with van der Waals surface area (Å²) in [5, 5.41) is 10.5. The van der Waals surface area contributed by atoms with E-state index in [9.17, 15) is 14.3 Å². The highest BCUT2D eigenvalue weighted by molar-refractivity contribution is 7.93. The Balaban J connectivity index is 2.40. The van der Waals surface area contributed by atoms with Crippen molar-refractivity contribution in [1.29, 1.82) is 0 Å². The minimum atomic E-state index is -2.54. The van der Waals surface area contributed by atoms with Crippen LogP contribution in [0.3, 0.4) is 0 Å². The van der Waals surface area contributed by atoms with Crippen LogP contribution >= 0.6 is 0 Å². The summed E-state index contributed by atoms with van der Waals surface area (Å²) in [5.41, 5.74) is 0.447. The summed E-state index contributed by atoms with van der Waals surface area (Å²) in [4.78, 5) is 10.7. The van der Waals surface area contributed by atoms with E-state index in [4.69, 9.17) is 0 Å². The summed E-state index contributed by atoms with van der Waals surface area (Å²) in [6.07, 6.45) is 1.55. The number of non-ortho nitro benzene ring substituents is 1. The van der Waals surface area contributed by atoms with Crippen molar-refractivity contribution in [2.24, 2.45) is 4.36 Å². The van der Waals surface area contributed by atoms with E-state index in [0.29, 0.717) is 10.6 Å². The molecule has 0 saturated carbocycles. The number of nitro groups is 1. The Morgan fingerprint density at radius 3 is 2.16 bits per heavy atom. The first kappa shape index (κ1) is 13.2. The molecule has 0 aliphatic carbocycles. The van der Waals surface area contributed by atoms with Crippen LogP contribution in [-0.2, 0) is 9.73 Å². The standard InChI is InChI=1S/C13H12N2O3S/c1-19(18,13-5-3-2-4-6-13)14-11-7-9-12(10-8-11)15(16)17/h2-10H,1H3. The first-order valence-electron chi connectivity index (χ1n) is 5.51. The molecular formula is C13H12N2O3S. The van der Waals surface area contributed by atoms with Crippen LogP contribution in [-0.4, -0.2) is 15.4 Å². The van der Waals surface area contributed by atoms with Gasteiger partial charge in [-0.2, -0.15) is 4.36 Å². The molecule has 0 aliphatic heterocycles. The van der Waals surface area contributed by atoms with E-state index in [2.05, 4.69) is 4.36 Å². The zero-order valence-corrected chi connectivity index (χ0v) is 11.0. The van der Waals surface area contributed by atoms with Gasteiger partial charge in [0.1, 0.15) is 0 Å². The van der Waals surface area contributed by atoms with Crippen molar-refractivity contribution in [3.8, 4) is 0 Å². The fraction of sp³-hybridized carbons (Fsp3) is 0.0769. The van der Waals surface area contributed by atoms with Crippen molar-refractivity contribution < 1.29 is 9.13 Å². The van der Waals surface area contributed by atoms with Crippen LogP contribution in [0, 0.1) is 10.1 Å². The van der Waals surface area contributed by atoms with Gasteiger partial charge in [-0.25, -0.2) is 4.21 Å². The lowest BCUT2D eigenvalue weighted by molar-refractivity contribution is -0.384. The van der Waals surface area contributed by atoms with Crippen molar-refractivity contribution in [2.75, 3.05) is 6.26 Å². The fourth-order valence-corrected chi connectivity index (χ4v) is 2.85. The van der Waals surface area contributed by atoms with Gasteiger partial charge >= 0.3 is 0 Å². The van der Waals surface area contributed by atoms with Gasteiger partial charge < -0.3 is 0 Å². The summed E-state index contributed by atoms with van der Waals surface area (Å²) in [5.74, 6) is 0. The molecule has 0 aromatic heterocycles. The molecular weight excluding hydrogens is 264 g/mol. The fourth-order valence-electron chi connectivity index (χ4n) is 1.56. The summed E-state index contributed by atoms with van der Waals surface area (Å²) >= 11 is 0. The third-order valence-electron chi connectivity index (χ3n) is 2.52. The molecule has 0 bridgehead atoms. The van der Waals surface area contributed by atoms with Crippen molar-refractivity contribution >= 4 is 21.1 Å². The molecule has 5 nitrogen and oxygen atoms in total. The molecule has 0 aliphatic rings. The van der Waals surface area contributed by atoms with Gasteiger partial charge in [0.2, 0.25) is 0 Å². The zero-order valence-electron chi connectivity index (χ0n) is 10.2. The topological polar surface area (TPSA) is 72.6 Å². The Bertz CT molecular complexity index is 702. The second kappa shape index (κ2) is 5.19. The van der Waals surface area contributed by atoms with Crippen molar-refractivity contribution in [3.05, 3.63) is 64.7 Å². The summed E-state index contributed by atoms with van der Waals surface area (Å²) < 4.78 is 16.6. The normalized spacial score (nSPS) is 13.5. The number of rotatable bonds is 3. The third kappa shape index (κ3) is 3.17. The van der Waals surface area contributed by atoms with E-state index in [0.717, 1.165) is 0 Å². The van der Waals surface area contributed by atoms with Crippen LogP contribution in [0.15, 0.2) is 63.9 Å². The Labute approximate surface area is 111 Å². The molecule has 98 valence electrons. The van der Waals surface area contributed by atoms with E-state index < -0.39 is 14.7 Å². The van der Waals surface area contributed by atoms with Crippen LogP contribution < -0.4 is 0 Å². The van der Waals surface area contributed by atoms with E-state index in [1.54, 1.807) is 30.5 Å². The van der Waals surface area contributed by atoms with E-state index >= 15 is 0 Å². The van der Waals surface area contributed by atoms with Crippen molar-refractivity contribution in [3.63, 3.8) is 0 Å². The number of hydrogen-bond acceptors (Lipinski definition) is 4. The molecule has 2 rings (SSSR count). The maximum absolute atomic E-state index is 12.5. The largest absolute Gasteiger partial charge is 0.269 e. The molecule has 0 saturated heterocycles. The van der Waals surface area contributed by atoms with Gasteiger partial charge in [-0.05, 0) is 24.3 Å². The van der Waals surface area contributed by atoms with Crippen LogP contribution in [0.4, 0.5) is 11.4 Å². The minimum Gasteiger partial charge on any atom is -0.258 e. The Hall–Kier alpha value is -2.21. The van der Waals surface area contributed by atoms with Crippen molar-refractivity contribution in [2.45, 2.75) is 4.90 Å². The molecule has 1 atom stereocenters. The van der Waals surface area contributed by atoms with Gasteiger partial charge in [0.15, 0.2) is 0 Å². The van der Waals surface area contributed by atoms with Crippen LogP contribution in [0.25, 0.3) is 0 Å². The molecule has 0 radical (unpaired) electrons. The van der Waals surface area contributed by atoms with Crippen LogP contribution in [0.1, 0.15) is 0 Å². The van der Waals surface area contributed by atoms with Gasteiger partial charge in [0, 0.05) is 23.3 Å². The second-order valence-electron chi connectivity index (χ2n) is 3.98. The quantitative estimate of drug-likeness (QED) is 0.637. The lowest BCUT2D eigenvalue weighted by atomic mass is 10.3. The number of hydrogen-bond donors (Lipinski definition) is 0. The van der Waals surface area contributed by atoms with Crippen LogP contribution in [0.2, 0.25) is 0 Å². The maximum Gasteiger partial charge on any atom is 0.269 e. The average Bonchev–Trinajstić information content (AvgIpc) is 2.40. The second-order valence-corrected chi connectivity index (χ2v) is 6.24. The Morgan fingerprint density at radius 1 is 1.05 bits per heavy atom. The minimum absolute atomic E-state index is 0.0127. The molecule has 2 aromatic rings. The molecule has 0 spiro atoms.